The zero-order valence-electron chi connectivity index (χ0n) is 18.7. The van der Waals surface area contributed by atoms with E-state index in [1.54, 1.807) is 13.0 Å². The highest BCUT2D eigenvalue weighted by Crippen LogP contribution is 2.35. The van der Waals surface area contributed by atoms with Gasteiger partial charge in [-0.3, -0.25) is 0 Å². The van der Waals surface area contributed by atoms with E-state index in [4.69, 9.17) is 15.2 Å². The van der Waals surface area contributed by atoms with Crippen molar-refractivity contribution in [2.24, 2.45) is 0 Å². The molecule has 0 saturated heterocycles. The molecule has 7 heteroatoms. The zero-order chi connectivity index (χ0) is 22.1. The van der Waals surface area contributed by atoms with Gasteiger partial charge in [-0.1, -0.05) is 39.3 Å². The molecule has 0 bridgehead atoms. The minimum absolute atomic E-state index is 0.104. The third-order valence-electron chi connectivity index (χ3n) is 4.63. The smallest absolute Gasteiger partial charge is 0.348 e. The molecule has 0 saturated carbocycles. The summed E-state index contributed by atoms with van der Waals surface area (Å²) in [4.78, 5) is 22.2. The lowest BCUT2D eigenvalue weighted by Gasteiger charge is -2.13. The van der Waals surface area contributed by atoms with Crippen molar-refractivity contribution in [2.45, 2.75) is 66.4 Å². The molecule has 0 fully saturated rings. The SMILES string of the molecule is CC.CCCCOC1C=C(C)C(c2nc(N)nc3sc(C(=O)OCC)cc23)=CCC1. The van der Waals surface area contributed by atoms with Crippen molar-refractivity contribution in [3.05, 3.63) is 34.4 Å². The Morgan fingerprint density at radius 3 is 2.77 bits per heavy atom. The molecular formula is C23H33N3O3S. The van der Waals surface area contributed by atoms with Crippen LogP contribution in [0, 0.1) is 0 Å². The number of hydrogen-bond donors (Lipinski definition) is 1. The van der Waals surface area contributed by atoms with E-state index in [0.29, 0.717) is 16.3 Å². The van der Waals surface area contributed by atoms with Gasteiger partial charge in [0.15, 0.2) is 0 Å². The van der Waals surface area contributed by atoms with Crippen LogP contribution in [-0.2, 0) is 9.47 Å². The van der Waals surface area contributed by atoms with Crippen LogP contribution in [0.5, 0.6) is 0 Å². The number of fused-ring (bicyclic) bond motifs is 1. The topological polar surface area (TPSA) is 87.3 Å². The van der Waals surface area contributed by atoms with Gasteiger partial charge in [0.1, 0.15) is 9.71 Å². The molecule has 0 aliphatic heterocycles. The van der Waals surface area contributed by atoms with E-state index >= 15 is 0 Å². The highest BCUT2D eigenvalue weighted by molar-refractivity contribution is 7.20. The van der Waals surface area contributed by atoms with Crippen molar-refractivity contribution >= 4 is 39.0 Å². The summed E-state index contributed by atoms with van der Waals surface area (Å²) in [5.41, 5.74) is 8.85. The lowest BCUT2D eigenvalue weighted by atomic mass is 10.0. The standard InChI is InChI=1S/C21H27N3O3S.C2H6/c1-4-6-10-27-14-8-7-9-15(13(3)11-14)18-16-12-17(20(25)26-5-2)28-19(16)24-21(22)23-18;1-2/h9,11-12,14H,4-8,10H2,1-3H3,(H2,22,23,24);1-2H3. The number of unbranched alkanes of at least 4 members (excludes halogenated alkanes) is 1. The van der Waals surface area contributed by atoms with Crippen LogP contribution in [0.3, 0.4) is 0 Å². The molecule has 2 heterocycles. The highest BCUT2D eigenvalue weighted by atomic mass is 32.1. The zero-order valence-corrected chi connectivity index (χ0v) is 19.5. The number of nitrogens with two attached hydrogens (primary N) is 1. The van der Waals surface area contributed by atoms with Gasteiger partial charge in [0, 0.05) is 12.0 Å². The van der Waals surface area contributed by atoms with Gasteiger partial charge in [0.2, 0.25) is 5.95 Å². The molecule has 30 heavy (non-hydrogen) atoms. The van der Waals surface area contributed by atoms with Gasteiger partial charge in [-0.05, 0) is 50.3 Å². The van der Waals surface area contributed by atoms with E-state index in [2.05, 4.69) is 36.0 Å². The van der Waals surface area contributed by atoms with E-state index in [9.17, 15) is 4.79 Å². The molecule has 2 aromatic heterocycles. The van der Waals surface area contributed by atoms with Gasteiger partial charge in [-0.2, -0.15) is 0 Å². The lowest BCUT2D eigenvalue weighted by molar-refractivity contribution is 0.0532. The number of esters is 1. The minimum Gasteiger partial charge on any atom is -0.462 e. The molecule has 3 rings (SSSR count). The maximum Gasteiger partial charge on any atom is 0.348 e. The summed E-state index contributed by atoms with van der Waals surface area (Å²) in [5, 5.41) is 0.826. The number of aromatic nitrogens is 2. The highest BCUT2D eigenvalue weighted by Gasteiger charge is 2.20. The second kappa shape index (κ2) is 11.8. The number of carbonyl (C=O) groups excluding carboxylic acids is 1. The quantitative estimate of drug-likeness (QED) is 0.441. The van der Waals surface area contributed by atoms with E-state index in [1.165, 1.54) is 11.3 Å². The predicted octanol–water partition coefficient (Wildman–Crippen LogP) is 5.79. The number of carbonyl (C=O) groups is 1. The first-order chi connectivity index (χ1) is 14.5. The molecule has 2 N–H and O–H groups in total. The van der Waals surface area contributed by atoms with Crippen molar-refractivity contribution < 1.29 is 14.3 Å². The summed E-state index contributed by atoms with van der Waals surface area (Å²) in [6.45, 7) is 11.1. The molecule has 0 spiro atoms. The van der Waals surface area contributed by atoms with Crippen molar-refractivity contribution in [2.75, 3.05) is 18.9 Å². The molecule has 1 aliphatic rings. The number of hydrogen-bond acceptors (Lipinski definition) is 7. The largest absolute Gasteiger partial charge is 0.462 e. The Hall–Kier alpha value is -2.25. The molecule has 1 atom stereocenters. The molecule has 2 aromatic rings. The van der Waals surface area contributed by atoms with Crippen LogP contribution in [0.2, 0.25) is 0 Å². The fourth-order valence-electron chi connectivity index (χ4n) is 3.24. The van der Waals surface area contributed by atoms with Crippen molar-refractivity contribution in [1.29, 1.82) is 0 Å². The number of ether oxygens (including phenoxy) is 2. The number of anilines is 1. The van der Waals surface area contributed by atoms with Crippen LogP contribution in [0.25, 0.3) is 15.8 Å². The summed E-state index contributed by atoms with van der Waals surface area (Å²) < 4.78 is 11.1. The molecule has 0 aromatic carbocycles. The monoisotopic (exact) mass is 431 g/mol. The van der Waals surface area contributed by atoms with Crippen LogP contribution >= 0.6 is 11.3 Å². The minimum atomic E-state index is -0.346. The van der Waals surface area contributed by atoms with E-state index in [-0.39, 0.29) is 18.0 Å². The van der Waals surface area contributed by atoms with E-state index in [0.717, 1.165) is 54.5 Å². The molecule has 164 valence electrons. The summed E-state index contributed by atoms with van der Waals surface area (Å²) in [5.74, 6) is -0.144. The normalized spacial score (nSPS) is 16.2. The van der Waals surface area contributed by atoms with Gasteiger partial charge in [0.05, 0.1) is 18.4 Å². The lowest BCUT2D eigenvalue weighted by Crippen LogP contribution is -2.10. The fourth-order valence-corrected chi connectivity index (χ4v) is 4.18. The summed E-state index contributed by atoms with van der Waals surface area (Å²) in [7, 11) is 0. The average molecular weight is 432 g/mol. The van der Waals surface area contributed by atoms with Crippen LogP contribution in [0.4, 0.5) is 5.95 Å². The number of rotatable bonds is 7. The Morgan fingerprint density at radius 2 is 2.07 bits per heavy atom. The maximum absolute atomic E-state index is 12.1. The Labute approximate surface area is 183 Å². The van der Waals surface area contributed by atoms with E-state index < -0.39 is 0 Å². The van der Waals surface area contributed by atoms with Crippen molar-refractivity contribution in [1.82, 2.24) is 9.97 Å². The first kappa shape index (κ1) is 24.0. The van der Waals surface area contributed by atoms with Gasteiger partial charge in [-0.25, -0.2) is 14.8 Å². The van der Waals surface area contributed by atoms with Crippen LogP contribution in [-0.4, -0.2) is 35.3 Å². The first-order valence-electron chi connectivity index (χ1n) is 10.8. The Morgan fingerprint density at radius 1 is 1.30 bits per heavy atom. The third-order valence-corrected chi connectivity index (χ3v) is 5.64. The van der Waals surface area contributed by atoms with Crippen molar-refractivity contribution in [3.63, 3.8) is 0 Å². The molecule has 1 aliphatic carbocycles. The Bertz CT molecular complexity index is 918. The summed E-state index contributed by atoms with van der Waals surface area (Å²) in [6.07, 6.45) is 8.46. The fraction of sp³-hybridized carbons (Fsp3) is 0.522. The van der Waals surface area contributed by atoms with Crippen LogP contribution in [0.1, 0.15) is 75.7 Å². The Kier molecular flexibility index (Phi) is 9.46. The van der Waals surface area contributed by atoms with E-state index in [1.807, 2.05) is 13.8 Å². The first-order valence-corrected chi connectivity index (χ1v) is 11.6. The second-order valence-corrected chi connectivity index (χ2v) is 7.82. The van der Waals surface area contributed by atoms with Crippen LogP contribution < -0.4 is 5.73 Å². The molecule has 1 unspecified atom stereocenters. The van der Waals surface area contributed by atoms with Gasteiger partial charge in [-0.15, -0.1) is 11.3 Å². The average Bonchev–Trinajstić information content (AvgIpc) is 3.07. The number of nitrogens with zero attached hydrogens (tertiary/aromatic N) is 2. The van der Waals surface area contributed by atoms with Gasteiger partial charge in [0.25, 0.3) is 0 Å². The summed E-state index contributed by atoms with van der Waals surface area (Å²) >= 11 is 1.28. The van der Waals surface area contributed by atoms with Crippen molar-refractivity contribution in [3.8, 4) is 0 Å². The maximum atomic E-state index is 12.1. The van der Waals surface area contributed by atoms with Gasteiger partial charge < -0.3 is 15.2 Å². The third kappa shape index (κ3) is 5.89. The van der Waals surface area contributed by atoms with Gasteiger partial charge >= 0.3 is 5.97 Å². The number of thiophene rings is 1. The molecule has 6 nitrogen and oxygen atoms in total. The predicted molar refractivity (Wildman–Crippen MR) is 125 cm³/mol. The molecule has 0 amide bonds. The van der Waals surface area contributed by atoms with Crippen LogP contribution in [0.15, 0.2) is 23.8 Å². The molecular weight excluding hydrogens is 398 g/mol. The second-order valence-electron chi connectivity index (χ2n) is 6.79. The Balaban J connectivity index is 0.00000155. The number of nitrogen functional groups attached to an aromatic ring is 1. The molecule has 0 radical (unpaired) electrons. The number of allylic oxidation sites excluding steroid dienone is 3. The summed E-state index contributed by atoms with van der Waals surface area (Å²) in [6, 6.07) is 1.81.